The molecule has 3 aromatic rings. The molecule has 18 heavy (non-hydrogen) atoms. The van der Waals surface area contributed by atoms with Crippen molar-refractivity contribution in [3.05, 3.63) is 58.6 Å². The van der Waals surface area contributed by atoms with Crippen LogP contribution in [-0.2, 0) is 12.8 Å². The van der Waals surface area contributed by atoms with Gasteiger partial charge in [-0.1, -0.05) is 30.3 Å². The van der Waals surface area contributed by atoms with E-state index in [4.69, 9.17) is 0 Å². The number of carbonyl (C=O) groups excluding carboxylic acids is 1. The van der Waals surface area contributed by atoms with Crippen molar-refractivity contribution in [2.24, 2.45) is 0 Å². The van der Waals surface area contributed by atoms with Gasteiger partial charge in [0, 0.05) is 0 Å². The summed E-state index contributed by atoms with van der Waals surface area (Å²) in [5, 5.41) is 2.18. The second kappa shape index (κ2) is 4.78. The number of hydrogen-bond donors (Lipinski definition) is 1. The van der Waals surface area contributed by atoms with Crippen LogP contribution >= 0.6 is 11.3 Å². The van der Waals surface area contributed by atoms with Crippen molar-refractivity contribution >= 4 is 27.8 Å². The number of fused-ring (bicyclic) bond motifs is 1. The minimum absolute atomic E-state index is 0.665. The van der Waals surface area contributed by atoms with Gasteiger partial charge >= 0.3 is 0 Å². The molecule has 1 aromatic carbocycles. The monoisotopic (exact) mass is 255 g/mol. The summed E-state index contributed by atoms with van der Waals surface area (Å²) in [4.78, 5) is 13.9. The van der Waals surface area contributed by atoms with Gasteiger partial charge < -0.3 is 4.98 Å². The fraction of sp³-hybridized carbons (Fsp3) is 0.133. The Hall–Kier alpha value is -1.87. The molecule has 3 rings (SSSR count). The molecule has 0 saturated carbocycles. The average molecular weight is 255 g/mol. The summed E-state index contributed by atoms with van der Waals surface area (Å²) in [6, 6.07) is 12.4. The van der Waals surface area contributed by atoms with Crippen LogP contribution < -0.4 is 0 Å². The van der Waals surface area contributed by atoms with E-state index in [-0.39, 0.29) is 0 Å². The lowest BCUT2D eigenvalue weighted by Crippen LogP contribution is -1.90. The molecule has 2 nitrogen and oxygen atoms in total. The molecule has 0 bridgehead atoms. The molecular weight excluding hydrogens is 242 g/mol. The van der Waals surface area contributed by atoms with E-state index >= 15 is 0 Å². The molecule has 0 spiro atoms. The summed E-state index contributed by atoms with van der Waals surface area (Å²) in [6.07, 6.45) is 2.90. The molecular formula is C15H13NOS. The van der Waals surface area contributed by atoms with Gasteiger partial charge in [0.25, 0.3) is 0 Å². The third kappa shape index (κ3) is 2.09. The van der Waals surface area contributed by atoms with Crippen LogP contribution in [0.3, 0.4) is 0 Å². The zero-order valence-electron chi connectivity index (χ0n) is 9.85. The molecule has 90 valence electrons. The molecule has 0 aliphatic carbocycles. The van der Waals surface area contributed by atoms with Crippen LogP contribution in [0.5, 0.6) is 0 Å². The number of rotatable bonds is 4. The van der Waals surface area contributed by atoms with Gasteiger partial charge in [0.1, 0.15) is 0 Å². The number of aromatic nitrogens is 1. The highest BCUT2D eigenvalue weighted by Gasteiger charge is 2.07. The van der Waals surface area contributed by atoms with E-state index < -0.39 is 0 Å². The first-order chi connectivity index (χ1) is 8.86. The molecule has 0 aliphatic heterocycles. The zero-order chi connectivity index (χ0) is 12.4. The molecule has 2 heterocycles. The maximum Gasteiger partial charge on any atom is 0.166 e. The van der Waals surface area contributed by atoms with Crippen LogP contribution in [0.1, 0.15) is 21.6 Å². The second-order valence-corrected chi connectivity index (χ2v) is 5.24. The Morgan fingerprint density at radius 3 is 2.78 bits per heavy atom. The normalized spacial score (nSPS) is 10.9. The van der Waals surface area contributed by atoms with Gasteiger partial charge in [0.15, 0.2) is 6.29 Å². The first kappa shape index (κ1) is 11.2. The molecule has 2 aromatic heterocycles. The first-order valence-electron chi connectivity index (χ1n) is 5.95. The lowest BCUT2D eigenvalue weighted by Gasteiger charge is -1.99. The third-order valence-corrected chi connectivity index (χ3v) is 4.08. The summed E-state index contributed by atoms with van der Waals surface area (Å²) in [6.45, 7) is 0. The Bertz CT molecular complexity index is 666. The number of carbonyl (C=O) groups is 1. The highest BCUT2D eigenvalue weighted by atomic mass is 32.1. The van der Waals surface area contributed by atoms with Crippen molar-refractivity contribution in [2.75, 3.05) is 0 Å². The molecule has 3 heteroatoms. The summed E-state index contributed by atoms with van der Waals surface area (Å²) in [7, 11) is 0. The smallest absolute Gasteiger partial charge is 0.166 e. The Morgan fingerprint density at radius 1 is 1.17 bits per heavy atom. The van der Waals surface area contributed by atoms with Crippen molar-refractivity contribution in [3.63, 3.8) is 0 Å². The van der Waals surface area contributed by atoms with Gasteiger partial charge in [-0.3, -0.25) is 4.79 Å². The van der Waals surface area contributed by atoms with Crippen molar-refractivity contribution in [3.8, 4) is 0 Å². The van der Waals surface area contributed by atoms with Gasteiger partial charge in [0.2, 0.25) is 0 Å². The predicted molar refractivity (Wildman–Crippen MR) is 75.4 cm³/mol. The Kier molecular flexibility index (Phi) is 2.99. The molecule has 0 aliphatic rings. The molecule has 1 N–H and O–H groups in total. The highest BCUT2D eigenvalue weighted by Crippen LogP contribution is 2.27. The number of hydrogen-bond acceptors (Lipinski definition) is 2. The Labute approximate surface area is 109 Å². The van der Waals surface area contributed by atoms with Crippen molar-refractivity contribution in [1.82, 2.24) is 4.98 Å². The van der Waals surface area contributed by atoms with Crippen molar-refractivity contribution in [1.29, 1.82) is 0 Å². The second-order valence-electron chi connectivity index (χ2n) is 4.33. The molecule has 0 fully saturated rings. The topological polar surface area (TPSA) is 32.9 Å². The van der Waals surface area contributed by atoms with E-state index in [0.717, 1.165) is 24.6 Å². The van der Waals surface area contributed by atoms with Gasteiger partial charge in [-0.2, -0.15) is 0 Å². The largest absolute Gasteiger partial charge is 0.351 e. The van der Waals surface area contributed by atoms with E-state index in [9.17, 15) is 4.79 Å². The number of nitrogens with one attached hydrogen (secondary N) is 1. The quantitative estimate of drug-likeness (QED) is 0.706. The van der Waals surface area contributed by atoms with Crippen LogP contribution in [0.2, 0.25) is 0 Å². The fourth-order valence-corrected chi connectivity index (χ4v) is 3.15. The Balaban J connectivity index is 1.82. The number of aryl methyl sites for hydroxylation is 2. The van der Waals surface area contributed by atoms with Gasteiger partial charge in [-0.25, -0.2) is 0 Å². The predicted octanol–water partition coefficient (Wildman–Crippen LogP) is 3.83. The fourth-order valence-electron chi connectivity index (χ4n) is 2.15. The number of aromatic amines is 1. The lowest BCUT2D eigenvalue weighted by molar-refractivity contribution is 0.112. The minimum atomic E-state index is 0.665. The number of thiophene rings is 1. The summed E-state index contributed by atoms with van der Waals surface area (Å²) < 4.78 is 1.17. The molecule has 0 saturated heterocycles. The maximum atomic E-state index is 10.7. The summed E-state index contributed by atoms with van der Waals surface area (Å²) in [5.41, 5.74) is 4.43. The van der Waals surface area contributed by atoms with Crippen molar-refractivity contribution < 1.29 is 4.79 Å². The minimum Gasteiger partial charge on any atom is -0.351 e. The van der Waals surface area contributed by atoms with Crippen LogP contribution in [0.15, 0.2) is 41.8 Å². The highest BCUT2D eigenvalue weighted by molar-refractivity contribution is 7.17. The van der Waals surface area contributed by atoms with Gasteiger partial charge in [-0.15, -0.1) is 11.3 Å². The van der Waals surface area contributed by atoms with Crippen LogP contribution in [-0.4, -0.2) is 11.3 Å². The standard InChI is InChI=1S/C15H13NOS/c17-9-13-8-14-15(16-13)12(10-18-14)7-6-11-4-2-1-3-5-11/h1-5,8-10,16H,6-7H2. The van der Waals surface area contributed by atoms with Crippen LogP contribution in [0.4, 0.5) is 0 Å². The molecule has 0 amide bonds. The van der Waals surface area contributed by atoms with E-state index in [1.54, 1.807) is 11.3 Å². The summed E-state index contributed by atoms with van der Waals surface area (Å²) >= 11 is 1.70. The molecule has 0 atom stereocenters. The van der Waals surface area contributed by atoms with Gasteiger partial charge in [0.05, 0.1) is 15.9 Å². The van der Waals surface area contributed by atoms with E-state index in [2.05, 4.69) is 34.6 Å². The summed E-state index contributed by atoms with van der Waals surface area (Å²) in [5.74, 6) is 0. The SMILES string of the molecule is O=Cc1cc2scc(CCc3ccccc3)c2[nH]1. The van der Waals surface area contributed by atoms with E-state index in [0.29, 0.717) is 5.69 Å². The average Bonchev–Trinajstić information content (AvgIpc) is 2.97. The molecule has 0 radical (unpaired) electrons. The lowest BCUT2D eigenvalue weighted by atomic mass is 10.1. The van der Waals surface area contributed by atoms with E-state index in [1.807, 2.05) is 12.1 Å². The zero-order valence-corrected chi connectivity index (χ0v) is 10.7. The van der Waals surface area contributed by atoms with Crippen molar-refractivity contribution in [2.45, 2.75) is 12.8 Å². The van der Waals surface area contributed by atoms with Crippen LogP contribution in [0, 0.1) is 0 Å². The number of H-pyrrole nitrogens is 1. The number of benzene rings is 1. The molecule has 0 unspecified atom stereocenters. The number of aldehydes is 1. The Morgan fingerprint density at radius 2 is 2.00 bits per heavy atom. The van der Waals surface area contributed by atoms with E-state index in [1.165, 1.54) is 15.8 Å². The maximum absolute atomic E-state index is 10.7. The first-order valence-corrected chi connectivity index (χ1v) is 6.83. The van der Waals surface area contributed by atoms with Gasteiger partial charge in [-0.05, 0) is 35.4 Å². The van der Waals surface area contributed by atoms with Crippen LogP contribution in [0.25, 0.3) is 10.2 Å². The third-order valence-electron chi connectivity index (χ3n) is 3.10.